The molecular formula is C17H22N4O2. The Morgan fingerprint density at radius 1 is 1.35 bits per heavy atom. The summed E-state index contributed by atoms with van der Waals surface area (Å²) in [5, 5.41) is 6.91. The third-order valence-corrected chi connectivity index (χ3v) is 4.19. The van der Waals surface area contributed by atoms with E-state index in [0.29, 0.717) is 48.6 Å². The Morgan fingerprint density at radius 2 is 2.22 bits per heavy atom. The van der Waals surface area contributed by atoms with Crippen molar-refractivity contribution in [2.75, 3.05) is 13.1 Å². The van der Waals surface area contributed by atoms with Crippen LogP contribution in [0.4, 0.5) is 0 Å². The Labute approximate surface area is 134 Å². The molecule has 23 heavy (non-hydrogen) atoms. The number of para-hydroxylation sites is 1. The van der Waals surface area contributed by atoms with Gasteiger partial charge in [0.05, 0.1) is 10.9 Å². The van der Waals surface area contributed by atoms with Crippen LogP contribution in [0.15, 0.2) is 29.1 Å². The van der Waals surface area contributed by atoms with Crippen molar-refractivity contribution in [1.29, 1.82) is 0 Å². The summed E-state index contributed by atoms with van der Waals surface area (Å²) in [4.78, 5) is 31.0. The third kappa shape index (κ3) is 4.16. The molecule has 1 atom stereocenters. The molecule has 2 heterocycles. The van der Waals surface area contributed by atoms with E-state index in [4.69, 9.17) is 0 Å². The average Bonchev–Trinajstić information content (AvgIpc) is 3.06. The molecule has 1 aromatic carbocycles. The first-order valence-electron chi connectivity index (χ1n) is 8.20. The van der Waals surface area contributed by atoms with E-state index in [1.165, 1.54) is 6.42 Å². The van der Waals surface area contributed by atoms with Gasteiger partial charge in [0, 0.05) is 25.4 Å². The zero-order valence-electron chi connectivity index (χ0n) is 13.1. The largest absolute Gasteiger partial charge is 0.355 e. The molecule has 0 spiro atoms. The molecule has 1 aliphatic heterocycles. The number of benzene rings is 1. The molecule has 2 aromatic rings. The molecule has 0 bridgehead atoms. The molecular weight excluding hydrogens is 292 g/mol. The van der Waals surface area contributed by atoms with Crippen molar-refractivity contribution < 1.29 is 4.79 Å². The predicted octanol–water partition coefficient (Wildman–Crippen LogP) is 1.11. The number of aromatic nitrogens is 2. The van der Waals surface area contributed by atoms with Crippen molar-refractivity contribution in [3.8, 4) is 0 Å². The standard InChI is InChI=1S/C17H22N4O2/c22-16(19-11-12-5-4-10-18-12)9-3-8-15-20-14-7-2-1-6-13(14)17(23)21-15/h1-2,6-7,12,18H,3-5,8-11H2,(H,19,22)(H,20,21,23). The Bertz CT molecular complexity index is 735. The second kappa shape index (κ2) is 7.37. The van der Waals surface area contributed by atoms with E-state index in [1.54, 1.807) is 6.07 Å². The van der Waals surface area contributed by atoms with Crippen molar-refractivity contribution in [3.63, 3.8) is 0 Å². The minimum atomic E-state index is -0.123. The van der Waals surface area contributed by atoms with Gasteiger partial charge in [0.2, 0.25) is 5.91 Å². The van der Waals surface area contributed by atoms with Crippen molar-refractivity contribution in [1.82, 2.24) is 20.6 Å². The number of aryl methyl sites for hydroxylation is 1. The fraction of sp³-hybridized carbons (Fsp3) is 0.471. The smallest absolute Gasteiger partial charge is 0.258 e. The Balaban J connectivity index is 1.48. The molecule has 0 saturated carbocycles. The van der Waals surface area contributed by atoms with Gasteiger partial charge in [-0.25, -0.2) is 4.98 Å². The van der Waals surface area contributed by atoms with Crippen LogP contribution in [-0.4, -0.2) is 35.0 Å². The molecule has 1 aromatic heterocycles. The first kappa shape index (κ1) is 15.7. The molecule has 0 radical (unpaired) electrons. The third-order valence-electron chi connectivity index (χ3n) is 4.19. The van der Waals surface area contributed by atoms with Crippen LogP contribution in [-0.2, 0) is 11.2 Å². The summed E-state index contributed by atoms with van der Waals surface area (Å²) in [5.74, 6) is 0.695. The molecule has 122 valence electrons. The first-order valence-corrected chi connectivity index (χ1v) is 8.20. The summed E-state index contributed by atoms with van der Waals surface area (Å²) in [6.07, 6.45) is 4.02. The van der Waals surface area contributed by atoms with Crippen molar-refractivity contribution in [2.24, 2.45) is 0 Å². The zero-order chi connectivity index (χ0) is 16.1. The van der Waals surface area contributed by atoms with Gasteiger partial charge in [-0.2, -0.15) is 0 Å². The van der Waals surface area contributed by atoms with E-state index in [1.807, 2.05) is 18.2 Å². The lowest BCUT2D eigenvalue weighted by Crippen LogP contribution is -2.37. The summed E-state index contributed by atoms with van der Waals surface area (Å²) >= 11 is 0. The minimum absolute atomic E-state index is 0.0573. The van der Waals surface area contributed by atoms with Crippen LogP contribution in [0.1, 0.15) is 31.5 Å². The lowest BCUT2D eigenvalue weighted by atomic mass is 10.2. The first-order chi connectivity index (χ1) is 11.2. The van der Waals surface area contributed by atoms with E-state index >= 15 is 0 Å². The number of aromatic amines is 1. The van der Waals surface area contributed by atoms with E-state index in [2.05, 4.69) is 20.6 Å². The van der Waals surface area contributed by atoms with Gasteiger partial charge in [0.1, 0.15) is 5.82 Å². The summed E-state index contributed by atoms with van der Waals surface area (Å²) in [6.45, 7) is 1.74. The second-order valence-corrected chi connectivity index (χ2v) is 5.98. The number of carbonyl (C=O) groups excluding carboxylic acids is 1. The normalized spacial score (nSPS) is 17.5. The molecule has 0 aliphatic carbocycles. The highest BCUT2D eigenvalue weighted by Gasteiger charge is 2.14. The number of amides is 1. The maximum atomic E-state index is 12.0. The van der Waals surface area contributed by atoms with Crippen molar-refractivity contribution >= 4 is 16.8 Å². The lowest BCUT2D eigenvalue weighted by molar-refractivity contribution is -0.121. The van der Waals surface area contributed by atoms with E-state index in [-0.39, 0.29) is 11.5 Å². The number of rotatable bonds is 6. The van der Waals surface area contributed by atoms with Gasteiger partial charge in [-0.1, -0.05) is 12.1 Å². The maximum Gasteiger partial charge on any atom is 0.258 e. The molecule has 6 heteroatoms. The van der Waals surface area contributed by atoms with Gasteiger partial charge < -0.3 is 15.6 Å². The zero-order valence-corrected chi connectivity index (χ0v) is 13.1. The van der Waals surface area contributed by atoms with Crippen molar-refractivity contribution in [3.05, 3.63) is 40.4 Å². The SMILES string of the molecule is O=C(CCCc1nc2ccccc2c(=O)[nH]1)NCC1CCCN1. The monoisotopic (exact) mass is 314 g/mol. The highest BCUT2D eigenvalue weighted by Crippen LogP contribution is 2.07. The van der Waals surface area contributed by atoms with Crippen LogP contribution in [0.25, 0.3) is 10.9 Å². The fourth-order valence-electron chi connectivity index (χ4n) is 2.93. The minimum Gasteiger partial charge on any atom is -0.355 e. The summed E-state index contributed by atoms with van der Waals surface area (Å²) in [7, 11) is 0. The number of hydrogen-bond acceptors (Lipinski definition) is 4. The van der Waals surface area contributed by atoms with E-state index < -0.39 is 0 Å². The Hall–Kier alpha value is -2.21. The average molecular weight is 314 g/mol. The predicted molar refractivity (Wildman–Crippen MR) is 89.3 cm³/mol. The van der Waals surface area contributed by atoms with Crippen molar-refractivity contribution in [2.45, 2.75) is 38.1 Å². The Kier molecular flexibility index (Phi) is 5.02. The van der Waals surface area contributed by atoms with E-state index in [9.17, 15) is 9.59 Å². The number of carbonyl (C=O) groups is 1. The molecule has 6 nitrogen and oxygen atoms in total. The number of fused-ring (bicyclic) bond motifs is 1. The molecule has 3 rings (SSSR count). The highest BCUT2D eigenvalue weighted by molar-refractivity contribution is 5.77. The number of H-pyrrole nitrogens is 1. The Morgan fingerprint density at radius 3 is 3.04 bits per heavy atom. The maximum absolute atomic E-state index is 12.0. The van der Waals surface area contributed by atoms with Gasteiger partial charge >= 0.3 is 0 Å². The van der Waals surface area contributed by atoms with Gasteiger partial charge in [-0.05, 0) is 37.9 Å². The second-order valence-electron chi connectivity index (χ2n) is 5.98. The lowest BCUT2D eigenvalue weighted by Gasteiger charge is -2.11. The van der Waals surface area contributed by atoms with Crippen LogP contribution in [0.5, 0.6) is 0 Å². The van der Waals surface area contributed by atoms with Gasteiger partial charge in [-0.15, -0.1) is 0 Å². The number of nitrogens with one attached hydrogen (secondary N) is 3. The molecule has 1 unspecified atom stereocenters. The van der Waals surface area contributed by atoms with Crippen LogP contribution < -0.4 is 16.2 Å². The molecule has 1 saturated heterocycles. The topological polar surface area (TPSA) is 86.9 Å². The molecule has 3 N–H and O–H groups in total. The molecule has 1 amide bonds. The van der Waals surface area contributed by atoms with Crippen LogP contribution in [0, 0.1) is 0 Å². The summed E-state index contributed by atoms with van der Waals surface area (Å²) < 4.78 is 0. The number of hydrogen-bond donors (Lipinski definition) is 3. The van der Waals surface area contributed by atoms with Crippen LogP contribution in [0.3, 0.4) is 0 Å². The number of nitrogens with zero attached hydrogens (tertiary/aromatic N) is 1. The molecule has 1 fully saturated rings. The molecule has 1 aliphatic rings. The van der Waals surface area contributed by atoms with Gasteiger partial charge in [-0.3, -0.25) is 9.59 Å². The van der Waals surface area contributed by atoms with Crippen LogP contribution in [0.2, 0.25) is 0 Å². The summed E-state index contributed by atoms with van der Waals surface area (Å²) in [5.41, 5.74) is 0.574. The quantitative estimate of drug-likeness (QED) is 0.745. The van der Waals surface area contributed by atoms with E-state index in [0.717, 1.165) is 13.0 Å². The van der Waals surface area contributed by atoms with Gasteiger partial charge in [0.25, 0.3) is 5.56 Å². The fourth-order valence-corrected chi connectivity index (χ4v) is 2.93. The summed E-state index contributed by atoms with van der Waals surface area (Å²) in [6, 6.07) is 7.69. The highest BCUT2D eigenvalue weighted by atomic mass is 16.1. The van der Waals surface area contributed by atoms with Gasteiger partial charge in [0.15, 0.2) is 0 Å². The van der Waals surface area contributed by atoms with Crippen LogP contribution >= 0.6 is 0 Å².